The number of nitrogens with one attached hydrogen (secondary N) is 3. The molecule has 0 spiro atoms. The molecule has 2 amide bonds. The van der Waals surface area contributed by atoms with Gasteiger partial charge in [-0.15, -0.1) is 4.41 Å². The second kappa shape index (κ2) is 8.23. The highest BCUT2D eigenvalue weighted by molar-refractivity contribution is 7.87. The van der Waals surface area contributed by atoms with E-state index in [1.807, 2.05) is 4.98 Å². The molecule has 2 aromatic carbocycles. The predicted molar refractivity (Wildman–Crippen MR) is 111 cm³/mol. The number of carbonyl (C=O) groups is 1. The molecule has 0 bridgehead atoms. The molecule has 1 aromatic heterocycles. The van der Waals surface area contributed by atoms with E-state index in [2.05, 4.69) is 10.3 Å². The summed E-state index contributed by atoms with van der Waals surface area (Å²) >= 11 is 0. The molecule has 0 aliphatic rings. The number of aryl methyl sites for hydroxylation is 1. The molecule has 4 N–H and O–H groups in total. The van der Waals surface area contributed by atoms with Crippen molar-refractivity contribution >= 4 is 33.4 Å². The van der Waals surface area contributed by atoms with E-state index in [1.54, 1.807) is 49.4 Å². The Morgan fingerprint density at radius 3 is 2.23 bits per heavy atom. The lowest BCUT2D eigenvalue weighted by atomic mass is 10.2. The Bertz CT molecular complexity index is 1270. The summed E-state index contributed by atoms with van der Waals surface area (Å²) in [5.41, 5.74) is -1.55. The summed E-state index contributed by atoms with van der Waals surface area (Å²) in [6.07, 6.45) is 0.770. The van der Waals surface area contributed by atoms with Crippen molar-refractivity contribution in [3.8, 4) is 0 Å². The largest absolute Gasteiger partial charge is 0.378 e. The molecule has 0 saturated heterocycles. The first-order chi connectivity index (χ1) is 14.2. The number of anilines is 3. The second-order valence-corrected chi connectivity index (χ2v) is 7.36. The van der Waals surface area contributed by atoms with Crippen LogP contribution in [0.15, 0.2) is 70.4 Å². The van der Waals surface area contributed by atoms with E-state index in [0.717, 1.165) is 11.8 Å². The highest BCUT2D eigenvalue weighted by atomic mass is 32.2. The van der Waals surface area contributed by atoms with Crippen molar-refractivity contribution in [2.45, 2.75) is 6.92 Å². The number of rotatable bonds is 5. The standard InChI is InChI=1S/C18H17N5O6S/c1-12-7-9-14(10-8-12)22(18(26)20-13-5-3-2-4-6-13)23(30(27,28)29)15-11-19-17(25)21-16(15)24/h2-11H,1H3,(H,20,26)(H,27,28,29)(H2,19,21,24,25). The number of aromatic nitrogens is 2. The number of hydrogen-bond acceptors (Lipinski definition) is 5. The zero-order valence-corrected chi connectivity index (χ0v) is 16.4. The lowest BCUT2D eigenvalue weighted by Gasteiger charge is -2.32. The van der Waals surface area contributed by atoms with Crippen molar-refractivity contribution in [1.29, 1.82) is 0 Å². The third-order valence-electron chi connectivity index (χ3n) is 3.90. The van der Waals surface area contributed by atoms with E-state index in [9.17, 15) is 27.4 Å². The van der Waals surface area contributed by atoms with Crippen LogP contribution >= 0.6 is 0 Å². The SMILES string of the molecule is Cc1ccc(N(C(=O)Nc2ccccc2)N(c2c[nH]c(=O)[nH]c2=O)S(=O)(=O)O)cc1. The average Bonchev–Trinajstić information content (AvgIpc) is 2.67. The van der Waals surface area contributed by atoms with Crippen molar-refractivity contribution in [2.75, 3.05) is 14.7 Å². The summed E-state index contributed by atoms with van der Waals surface area (Å²) in [5.74, 6) is 0. The van der Waals surface area contributed by atoms with E-state index < -0.39 is 33.3 Å². The number of para-hydroxylation sites is 1. The number of aromatic amines is 2. The van der Waals surface area contributed by atoms with Gasteiger partial charge in [-0.2, -0.15) is 13.4 Å². The van der Waals surface area contributed by atoms with Crippen molar-refractivity contribution in [1.82, 2.24) is 9.97 Å². The molecule has 0 unspecified atom stereocenters. The Labute approximate surface area is 170 Å². The maximum Gasteiger partial charge on any atom is 0.378 e. The van der Waals surface area contributed by atoms with E-state index in [1.165, 1.54) is 12.1 Å². The summed E-state index contributed by atoms with van der Waals surface area (Å²) in [5, 5.41) is 3.05. The predicted octanol–water partition coefficient (Wildman–Crippen LogP) is 1.63. The molecule has 1 heterocycles. The zero-order valence-electron chi connectivity index (χ0n) is 15.6. The minimum Gasteiger partial charge on any atom is -0.312 e. The zero-order chi connectivity index (χ0) is 21.9. The highest BCUT2D eigenvalue weighted by Crippen LogP contribution is 2.24. The van der Waals surface area contributed by atoms with Gasteiger partial charge < -0.3 is 10.3 Å². The van der Waals surface area contributed by atoms with Crippen molar-refractivity contribution in [3.05, 3.63) is 87.2 Å². The maximum absolute atomic E-state index is 13.1. The summed E-state index contributed by atoms with van der Waals surface area (Å²) in [4.78, 5) is 40.6. The summed E-state index contributed by atoms with van der Waals surface area (Å²) < 4.78 is 34.4. The van der Waals surface area contributed by atoms with Crippen LogP contribution in [0.3, 0.4) is 0 Å². The normalized spacial score (nSPS) is 11.0. The first kappa shape index (κ1) is 20.8. The molecular formula is C18H17N5O6S. The van der Waals surface area contributed by atoms with Gasteiger partial charge in [-0.25, -0.2) is 9.59 Å². The number of hydrazine groups is 1. The quantitative estimate of drug-likeness (QED) is 0.355. The van der Waals surface area contributed by atoms with Gasteiger partial charge >= 0.3 is 22.0 Å². The Balaban J connectivity index is 2.19. The first-order valence-electron chi connectivity index (χ1n) is 8.49. The number of nitrogens with zero attached hydrogens (tertiary/aromatic N) is 2. The Kier molecular flexibility index (Phi) is 5.71. The smallest absolute Gasteiger partial charge is 0.312 e. The molecule has 30 heavy (non-hydrogen) atoms. The van der Waals surface area contributed by atoms with Crippen LogP contribution in [-0.4, -0.2) is 29.0 Å². The number of benzene rings is 2. The first-order valence-corrected chi connectivity index (χ1v) is 9.89. The molecule has 0 fully saturated rings. The molecule has 12 heteroatoms. The Hall–Kier alpha value is -3.90. The maximum atomic E-state index is 13.1. The van der Waals surface area contributed by atoms with Crippen LogP contribution in [0.2, 0.25) is 0 Å². The monoisotopic (exact) mass is 431 g/mol. The topological polar surface area (TPSA) is 156 Å². The van der Waals surface area contributed by atoms with Gasteiger partial charge in [0.2, 0.25) is 0 Å². The summed E-state index contributed by atoms with van der Waals surface area (Å²) in [6.45, 7) is 1.78. The number of carbonyl (C=O) groups excluding carboxylic acids is 1. The molecule has 0 aliphatic carbocycles. The highest BCUT2D eigenvalue weighted by Gasteiger charge is 2.34. The second-order valence-electron chi connectivity index (χ2n) is 6.12. The van der Waals surface area contributed by atoms with Crippen LogP contribution < -0.4 is 26.0 Å². The Morgan fingerprint density at radius 2 is 1.67 bits per heavy atom. The van der Waals surface area contributed by atoms with Gasteiger partial charge in [0, 0.05) is 11.9 Å². The molecule has 0 radical (unpaired) electrons. The molecule has 3 aromatic rings. The van der Waals surface area contributed by atoms with Crippen molar-refractivity contribution in [2.24, 2.45) is 0 Å². The van der Waals surface area contributed by atoms with Crippen LogP contribution in [-0.2, 0) is 10.3 Å². The van der Waals surface area contributed by atoms with E-state index >= 15 is 0 Å². The van der Waals surface area contributed by atoms with Gasteiger partial charge in [-0.1, -0.05) is 35.9 Å². The fraction of sp³-hybridized carbons (Fsp3) is 0.0556. The minimum atomic E-state index is -5.19. The number of urea groups is 1. The number of H-pyrrole nitrogens is 2. The molecule has 0 aliphatic heterocycles. The van der Waals surface area contributed by atoms with E-state index in [4.69, 9.17) is 0 Å². The van der Waals surface area contributed by atoms with Crippen LogP contribution in [0.25, 0.3) is 0 Å². The number of amides is 2. The van der Waals surface area contributed by atoms with Crippen LogP contribution in [0.4, 0.5) is 21.9 Å². The minimum absolute atomic E-state index is 0.0252. The summed E-state index contributed by atoms with van der Waals surface area (Å²) in [6, 6.07) is 13.2. The van der Waals surface area contributed by atoms with Crippen molar-refractivity contribution in [3.63, 3.8) is 0 Å². The third kappa shape index (κ3) is 4.56. The summed E-state index contributed by atoms with van der Waals surface area (Å²) in [7, 11) is -5.19. The van der Waals surface area contributed by atoms with Crippen LogP contribution in [0, 0.1) is 6.92 Å². The van der Waals surface area contributed by atoms with Gasteiger partial charge in [0.25, 0.3) is 5.56 Å². The fourth-order valence-electron chi connectivity index (χ4n) is 2.57. The van der Waals surface area contributed by atoms with Crippen LogP contribution in [0.5, 0.6) is 0 Å². The molecule has 156 valence electrons. The van der Waals surface area contributed by atoms with Gasteiger partial charge in [-0.3, -0.25) is 14.3 Å². The molecule has 11 nitrogen and oxygen atoms in total. The van der Waals surface area contributed by atoms with Gasteiger partial charge in [0.15, 0.2) is 5.69 Å². The Morgan fingerprint density at radius 1 is 1.03 bits per heavy atom. The lowest BCUT2D eigenvalue weighted by Crippen LogP contribution is -2.54. The van der Waals surface area contributed by atoms with Gasteiger partial charge in [0.1, 0.15) is 0 Å². The van der Waals surface area contributed by atoms with Gasteiger partial charge in [0.05, 0.1) is 5.69 Å². The molecule has 3 rings (SSSR count). The fourth-order valence-corrected chi connectivity index (χ4v) is 3.33. The van der Waals surface area contributed by atoms with Gasteiger partial charge in [-0.05, 0) is 31.2 Å². The average molecular weight is 431 g/mol. The molecule has 0 saturated carbocycles. The van der Waals surface area contributed by atoms with Crippen molar-refractivity contribution < 1.29 is 17.8 Å². The third-order valence-corrected chi connectivity index (χ3v) is 4.70. The van der Waals surface area contributed by atoms with Crippen LogP contribution in [0.1, 0.15) is 5.56 Å². The van der Waals surface area contributed by atoms with E-state index in [-0.39, 0.29) is 10.1 Å². The number of hydrogen-bond donors (Lipinski definition) is 4. The van der Waals surface area contributed by atoms with E-state index in [0.29, 0.717) is 10.7 Å². The lowest BCUT2D eigenvalue weighted by molar-refractivity contribution is 0.257. The molecular weight excluding hydrogens is 414 g/mol. The molecule has 0 atom stereocenters.